The van der Waals surface area contributed by atoms with Crippen molar-refractivity contribution in [3.8, 4) is 0 Å². The number of halogens is 1. The van der Waals surface area contributed by atoms with E-state index in [0.29, 0.717) is 0 Å². The van der Waals surface area contributed by atoms with Crippen molar-refractivity contribution in [1.29, 1.82) is 0 Å². The molecule has 2 aromatic carbocycles. The molecule has 0 aliphatic heterocycles. The first-order chi connectivity index (χ1) is 11.7. The van der Waals surface area contributed by atoms with E-state index in [1.807, 2.05) is 37.3 Å². The molecule has 0 heterocycles. The molecule has 2 rings (SSSR count). The molecule has 2 atom stereocenters. The monoisotopic (exact) mass is 364 g/mol. The Morgan fingerprint density at radius 3 is 2.12 bits per heavy atom. The second-order valence-corrected chi connectivity index (χ2v) is 7.71. The summed E-state index contributed by atoms with van der Waals surface area (Å²) in [5, 5.41) is 2.81. The third-order valence-corrected chi connectivity index (χ3v) is 5.07. The molecule has 0 aliphatic rings. The van der Waals surface area contributed by atoms with Gasteiger partial charge in [-0.25, -0.2) is 12.8 Å². The van der Waals surface area contributed by atoms with Crippen LogP contribution in [0.5, 0.6) is 0 Å². The average Bonchev–Trinajstić information content (AvgIpc) is 2.56. The van der Waals surface area contributed by atoms with Crippen LogP contribution in [0, 0.1) is 5.82 Å². The third kappa shape index (κ3) is 4.79. The second-order valence-electron chi connectivity index (χ2n) is 5.85. The lowest BCUT2D eigenvalue weighted by atomic mass is 10.1. The first kappa shape index (κ1) is 18.9. The molecule has 0 saturated heterocycles. The van der Waals surface area contributed by atoms with Gasteiger partial charge < -0.3 is 5.32 Å². The molecule has 7 heteroatoms. The van der Waals surface area contributed by atoms with Gasteiger partial charge in [0.15, 0.2) is 0 Å². The normalized spacial score (nSPS) is 13.8. The summed E-state index contributed by atoms with van der Waals surface area (Å²) in [5.74, 6) is -0.918. The summed E-state index contributed by atoms with van der Waals surface area (Å²) in [5.41, 5.74) is 1.15. The first-order valence-electron chi connectivity index (χ1n) is 7.80. The van der Waals surface area contributed by atoms with Gasteiger partial charge in [-0.1, -0.05) is 30.3 Å². The van der Waals surface area contributed by atoms with Gasteiger partial charge in [-0.3, -0.25) is 9.10 Å². The predicted molar refractivity (Wildman–Crippen MR) is 96.2 cm³/mol. The number of benzene rings is 2. The van der Waals surface area contributed by atoms with E-state index in [1.165, 1.54) is 19.1 Å². The Balaban J connectivity index is 2.23. The van der Waals surface area contributed by atoms with E-state index in [-0.39, 0.29) is 11.7 Å². The molecule has 0 radical (unpaired) electrons. The quantitative estimate of drug-likeness (QED) is 0.857. The summed E-state index contributed by atoms with van der Waals surface area (Å²) in [6.07, 6.45) is 1.01. The lowest BCUT2D eigenvalue weighted by molar-refractivity contribution is -0.122. The predicted octanol–water partition coefficient (Wildman–Crippen LogP) is 2.86. The number of hydrogen-bond acceptors (Lipinski definition) is 3. The molecule has 0 saturated carbocycles. The summed E-state index contributed by atoms with van der Waals surface area (Å²) in [4.78, 5) is 12.6. The van der Waals surface area contributed by atoms with E-state index in [9.17, 15) is 17.6 Å². The minimum atomic E-state index is -3.73. The summed E-state index contributed by atoms with van der Waals surface area (Å²) in [6, 6.07) is 13.1. The molecule has 1 N–H and O–H groups in total. The number of nitrogens with zero attached hydrogens (tertiary/aromatic N) is 1. The molecule has 0 aromatic heterocycles. The Bertz CT molecular complexity index is 823. The highest BCUT2D eigenvalue weighted by Crippen LogP contribution is 2.22. The maximum atomic E-state index is 13.1. The molecule has 25 heavy (non-hydrogen) atoms. The maximum Gasteiger partial charge on any atom is 0.244 e. The lowest BCUT2D eigenvalue weighted by Crippen LogP contribution is -2.48. The van der Waals surface area contributed by atoms with Crippen LogP contribution in [-0.2, 0) is 14.8 Å². The number of amides is 1. The highest BCUT2D eigenvalue weighted by molar-refractivity contribution is 7.92. The van der Waals surface area contributed by atoms with Crippen LogP contribution in [-0.4, -0.2) is 26.6 Å². The standard InChI is InChI=1S/C18H21FN2O3S/c1-13(15-7-5-4-6-8-15)20-18(22)14(2)21(25(3,23)24)17-11-9-16(19)10-12-17/h4-14H,1-3H3,(H,20,22)/t13-,14-/m0/s1. The van der Waals surface area contributed by atoms with E-state index in [2.05, 4.69) is 5.32 Å². The van der Waals surface area contributed by atoms with Crippen molar-refractivity contribution in [1.82, 2.24) is 5.32 Å². The Morgan fingerprint density at radius 1 is 1.04 bits per heavy atom. The van der Waals surface area contributed by atoms with Gasteiger partial charge in [0.05, 0.1) is 18.0 Å². The molecule has 134 valence electrons. The number of anilines is 1. The summed E-state index contributed by atoms with van der Waals surface area (Å²) in [7, 11) is -3.73. The maximum absolute atomic E-state index is 13.1. The van der Waals surface area contributed by atoms with E-state index in [0.717, 1.165) is 28.3 Å². The first-order valence-corrected chi connectivity index (χ1v) is 9.65. The molecule has 0 unspecified atom stereocenters. The van der Waals surface area contributed by atoms with Gasteiger partial charge in [-0.2, -0.15) is 0 Å². The van der Waals surface area contributed by atoms with Crippen LogP contribution in [0.15, 0.2) is 54.6 Å². The highest BCUT2D eigenvalue weighted by Gasteiger charge is 2.29. The molecular formula is C18H21FN2O3S. The molecule has 0 spiro atoms. The molecule has 2 aromatic rings. The molecule has 5 nitrogen and oxygen atoms in total. The zero-order valence-electron chi connectivity index (χ0n) is 14.3. The number of rotatable bonds is 6. The van der Waals surface area contributed by atoms with Crippen LogP contribution < -0.4 is 9.62 Å². The third-order valence-electron chi connectivity index (χ3n) is 3.83. The summed E-state index contributed by atoms with van der Waals surface area (Å²) in [6.45, 7) is 3.32. The Morgan fingerprint density at radius 2 is 1.60 bits per heavy atom. The van der Waals surface area contributed by atoms with Gasteiger partial charge in [0.1, 0.15) is 11.9 Å². The molecule has 0 bridgehead atoms. The largest absolute Gasteiger partial charge is 0.348 e. The van der Waals surface area contributed by atoms with E-state index in [4.69, 9.17) is 0 Å². The zero-order chi connectivity index (χ0) is 18.6. The molecule has 0 aliphatic carbocycles. The van der Waals surface area contributed by atoms with Crippen molar-refractivity contribution >= 4 is 21.6 Å². The lowest BCUT2D eigenvalue weighted by Gasteiger charge is -2.29. The minimum Gasteiger partial charge on any atom is -0.348 e. The number of nitrogens with one attached hydrogen (secondary N) is 1. The fourth-order valence-corrected chi connectivity index (χ4v) is 3.73. The van der Waals surface area contributed by atoms with Gasteiger partial charge in [-0.15, -0.1) is 0 Å². The van der Waals surface area contributed by atoms with Crippen LogP contribution in [0.4, 0.5) is 10.1 Å². The van der Waals surface area contributed by atoms with E-state index in [1.54, 1.807) is 0 Å². The van der Waals surface area contributed by atoms with Crippen LogP contribution in [0.3, 0.4) is 0 Å². The number of hydrogen-bond donors (Lipinski definition) is 1. The van der Waals surface area contributed by atoms with Crippen molar-refractivity contribution in [2.75, 3.05) is 10.6 Å². The van der Waals surface area contributed by atoms with Crippen LogP contribution in [0.25, 0.3) is 0 Å². The number of carbonyl (C=O) groups excluding carboxylic acids is 1. The van der Waals surface area contributed by atoms with Crippen LogP contribution in [0.2, 0.25) is 0 Å². The van der Waals surface area contributed by atoms with Crippen LogP contribution in [0.1, 0.15) is 25.5 Å². The van der Waals surface area contributed by atoms with E-state index >= 15 is 0 Å². The van der Waals surface area contributed by atoms with Gasteiger partial charge in [-0.05, 0) is 43.7 Å². The smallest absolute Gasteiger partial charge is 0.244 e. The SMILES string of the molecule is C[C@H](NC(=O)[C@H](C)N(c1ccc(F)cc1)S(C)(=O)=O)c1ccccc1. The van der Waals surface area contributed by atoms with E-state index < -0.39 is 27.8 Å². The van der Waals surface area contributed by atoms with Gasteiger partial charge in [0, 0.05) is 0 Å². The molecule has 1 amide bonds. The van der Waals surface area contributed by atoms with Gasteiger partial charge in [0.25, 0.3) is 0 Å². The average molecular weight is 364 g/mol. The second kappa shape index (κ2) is 7.65. The Labute approximate surface area is 147 Å². The number of carbonyl (C=O) groups is 1. The summed E-state index contributed by atoms with van der Waals surface area (Å²) >= 11 is 0. The zero-order valence-corrected chi connectivity index (χ0v) is 15.1. The van der Waals surface area contributed by atoms with Crippen molar-refractivity contribution in [2.24, 2.45) is 0 Å². The van der Waals surface area contributed by atoms with Crippen molar-refractivity contribution < 1.29 is 17.6 Å². The van der Waals surface area contributed by atoms with Gasteiger partial charge >= 0.3 is 0 Å². The Kier molecular flexibility index (Phi) is 5.79. The molecule has 0 fully saturated rings. The topological polar surface area (TPSA) is 66.5 Å². The fraction of sp³-hybridized carbons (Fsp3) is 0.278. The van der Waals surface area contributed by atoms with Crippen molar-refractivity contribution in [3.63, 3.8) is 0 Å². The van der Waals surface area contributed by atoms with Crippen LogP contribution >= 0.6 is 0 Å². The highest BCUT2D eigenvalue weighted by atomic mass is 32.2. The summed E-state index contributed by atoms with van der Waals surface area (Å²) < 4.78 is 38.4. The number of sulfonamides is 1. The minimum absolute atomic E-state index is 0.235. The fourth-order valence-electron chi connectivity index (χ4n) is 2.56. The van der Waals surface area contributed by atoms with Gasteiger partial charge in [0.2, 0.25) is 15.9 Å². The van der Waals surface area contributed by atoms with Crippen molar-refractivity contribution in [2.45, 2.75) is 25.9 Å². The Hall–Kier alpha value is -2.41. The van der Waals surface area contributed by atoms with Crippen molar-refractivity contribution in [3.05, 3.63) is 66.0 Å². The molecular weight excluding hydrogens is 343 g/mol.